The molecule has 0 fully saturated rings. The van der Waals surface area contributed by atoms with Gasteiger partial charge in [0.1, 0.15) is 4.83 Å². The van der Waals surface area contributed by atoms with Crippen LogP contribution >= 0.6 is 27.5 Å². The monoisotopic (exact) mass is 427 g/mol. The highest BCUT2D eigenvalue weighted by atomic mass is 79.9. The van der Waals surface area contributed by atoms with E-state index in [4.69, 9.17) is 11.6 Å². The summed E-state index contributed by atoms with van der Waals surface area (Å²) in [6.07, 6.45) is 0. The minimum Gasteiger partial charge on any atom is -0.324 e. The normalized spacial score (nSPS) is 11.6. The van der Waals surface area contributed by atoms with Crippen LogP contribution in [0.25, 0.3) is 0 Å². The third-order valence-corrected chi connectivity index (χ3v) is 5.02. The molecule has 1 atom stereocenters. The Labute approximate surface area is 165 Å². The van der Waals surface area contributed by atoms with Gasteiger partial charge in [-0.05, 0) is 23.8 Å². The van der Waals surface area contributed by atoms with Crippen LogP contribution in [-0.2, 0) is 4.79 Å². The van der Waals surface area contributed by atoms with Crippen LogP contribution in [-0.4, -0.2) is 11.7 Å². The van der Waals surface area contributed by atoms with Gasteiger partial charge in [0.2, 0.25) is 5.91 Å². The summed E-state index contributed by atoms with van der Waals surface area (Å²) >= 11 is 9.48. The minimum atomic E-state index is -0.529. The smallest absolute Gasteiger partial charge is 0.242 e. The van der Waals surface area contributed by atoms with Gasteiger partial charge in [-0.3, -0.25) is 9.59 Å². The largest absolute Gasteiger partial charge is 0.324 e. The molecule has 0 aliphatic heterocycles. The van der Waals surface area contributed by atoms with Gasteiger partial charge in [0.05, 0.1) is 5.69 Å². The Balaban J connectivity index is 1.89. The maximum Gasteiger partial charge on any atom is 0.242 e. The molecular formula is C21H15BrClNO2. The van der Waals surface area contributed by atoms with Gasteiger partial charge in [-0.2, -0.15) is 0 Å². The Hall–Kier alpha value is -2.43. The van der Waals surface area contributed by atoms with Gasteiger partial charge in [0, 0.05) is 16.1 Å². The number of carbonyl (C=O) groups is 2. The predicted molar refractivity (Wildman–Crippen MR) is 108 cm³/mol. The molecule has 0 aromatic heterocycles. The highest BCUT2D eigenvalue weighted by molar-refractivity contribution is 9.09. The molecule has 0 spiro atoms. The molecule has 0 aliphatic carbocycles. The molecule has 1 N–H and O–H groups in total. The summed E-state index contributed by atoms with van der Waals surface area (Å²) in [5, 5.41) is 3.25. The van der Waals surface area contributed by atoms with Crippen LogP contribution < -0.4 is 5.32 Å². The van der Waals surface area contributed by atoms with Crippen LogP contribution in [0.15, 0.2) is 78.9 Å². The molecule has 26 heavy (non-hydrogen) atoms. The lowest BCUT2D eigenvalue weighted by Gasteiger charge is -2.14. The van der Waals surface area contributed by atoms with E-state index >= 15 is 0 Å². The lowest BCUT2D eigenvalue weighted by atomic mass is 10.0. The van der Waals surface area contributed by atoms with Crippen molar-refractivity contribution in [1.82, 2.24) is 0 Å². The maximum atomic E-state index is 12.8. The number of hydrogen-bond donors (Lipinski definition) is 1. The van der Waals surface area contributed by atoms with Gasteiger partial charge < -0.3 is 5.32 Å². The van der Waals surface area contributed by atoms with Gasteiger partial charge in [0.15, 0.2) is 5.78 Å². The van der Waals surface area contributed by atoms with Gasteiger partial charge >= 0.3 is 0 Å². The third-order valence-electron chi connectivity index (χ3n) is 3.84. The van der Waals surface area contributed by atoms with E-state index in [-0.39, 0.29) is 11.7 Å². The van der Waals surface area contributed by atoms with E-state index in [0.29, 0.717) is 21.8 Å². The standard InChI is InChI=1S/C21H15BrClNO2/c22-19(14-7-3-1-4-8-14)21(26)24-18-12-11-16(23)13-17(18)20(25)15-9-5-2-6-10-15/h1-13,19H,(H,24,26). The summed E-state index contributed by atoms with van der Waals surface area (Å²) in [6, 6.07) is 23.1. The van der Waals surface area contributed by atoms with Crippen LogP contribution in [0, 0.1) is 0 Å². The van der Waals surface area contributed by atoms with Crippen LogP contribution in [0.4, 0.5) is 5.69 Å². The molecule has 0 saturated carbocycles. The number of benzene rings is 3. The van der Waals surface area contributed by atoms with E-state index in [1.165, 1.54) is 0 Å². The molecule has 0 bridgehead atoms. The second-order valence-electron chi connectivity index (χ2n) is 5.65. The third kappa shape index (κ3) is 4.21. The number of ketones is 1. The van der Waals surface area contributed by atoms with Crippen molar-refractivity contribution in [3.8, 4) is 0 Å². The molecular weight excluding hydrogens is 414 g/mol. The van der Waals surface area contributed by atoms with Crippen LogP contribution in [0.2, 0.25) is 5.02 Å². The first-order chi connectivity index (χ1) is 12.6. The van der Waals surface area contributed by atoms with Gasteiger partial charge in [-0.15, -0.1) is 0 Å². The van der Waals surface area contributed by atoms with Crippen LogP contribution in [0.5, 0.6) is 0 Å². The molecule has 0 heterocycles. The maximum absolute atomic E-state index is 12.8. The molecule has 3 aromatic carbocycles. The number of carbonyl (C=O) groups excluding carboxylic acids is 2. The molecule has 0 aliphatic rings. The summed E-state index contributed by atoms with van der Waals surface area (Å²) in [6.45, 7) is 0. The zero-order valence-electron chi connectivity index (χ0n) is 13.7. The highest BCUT2D eigenvalue weighted by Gasteiger charge is 2.20. The van der Waals surface area contributed by atoms with E-state index in [1.54, 1.807) is 42.5 Å². The first-order valence-electron chi connectivity index (χ1n) is 7.95. The first-order valence-corrected chi connectivity index (χ1v) is 9.25. The van der Waals surface area contributed by atoms with E-state index < -0.39 is 4.83 Å². The Kier molecular flexibility index (Phi) is 5.86. The number of halogens is 2. The molecule has 3 aromatic rings. The van der Waals surface area contributed by atoms with Crippen LogP contribution in [0.1, 0.15) is 26.3 Å². The van der Waals surface area contributed by atoms with Crippen molar-refractivity contribution in [2.45, 2.75) is 4.83 Å². The Morgan fingerprint density at radius 1 is 0.885 bits per heavy atom. The van der Waals surface area contributed by atoms with Crippen molar-refractivity contribution in [2.75, 3.05) is 5.32 Å². The van der Waals surface area contributed by atoms with Crippen molar-refractivity contribution >= 4 is 44.9 Å². The van der Waals surface area contributed by atoms with E-state index in [2.05, 4.69) is 21.2 Å². The van der Waals surface area contributed by atoms with Gasteiger partial charge in [-0.25, -0.2) is 0 Å². The second kappa shape index (κ2) is 8.30. The predicted octanol–water partition coefficient (Wildman–Crippen LogP) is 5.65. The summed E-state index contributed by atoms with van der Waals surface area (Å²) in [7, 11) is 0. The molecule has 5 heteroatoms. The quantitative estimate of drug-likeness (QED) is 0.422. The summed E-state index contributed by atoms with van der Waals surface area (Å²) in [5.41, 5.74) is 2.14. The van der Waals surface area contributed by atoms with Crippen molar-refractivity contribution in [3.05, 3.63) is 101 Å². The number of rotatable bonds is 5. The number of nitrogens with one attached hydrogen (secondary N) is 1. The van der Waals surface area contributed by atoms with Crippen molar-refractivity contribution in [1.29, 1.82) is 0 Å². The lowest BCUT2D eigenvalue weighted by molar-refractivity contribution is -0.115. The molecule has 0 saturated heterocycles. The Morgan fingerprint density at radius 3 is 2.15 bits per heavy atom. The Bertz CT molecular complexity index is 929. The molecule has 130 valence electrons. The molecule has 0 radical (unpaired) electrons. The average Bonchev–Trinajstić information content (AvgIpc) is 2.69. The minimum absolute atomic E-state index is 0.200. The fourth-order valence-electron chi connectivity index (χ4n) is 2.53. The molecule has 1 unspecified atom stereocenters. The highest BCUT2D eigenvalue weighted by Crippen LogP contribution is 2.28. The molecule has 3 rings (SSSR count). The number of amides is 1. The second-order valence-corrected chi connectivity index (χ2v) is 7.00. The SMILES string of the molecule is O=C(c1ccccc1)c1cc(Cl)ccc1NC(=O)C(Br)c1ccccc1. The first kappa shape index (κ1) is 18.4. The topological polar surface area (TPSA) is 46.2 Å². The van der Waals surface area contributed by atoms with Crippen LogP contribution in [0.3, 0.4) is 0 Å². The summed E-state index contributed by atoms with van der Waals surface area (Å²) in [5.74, 6) is -0.463. The van der Waals surface area contributed by atoms with E-state index in [0.717, 1.165) is 5.56 Å². The van der Waals surface area contributed by atoms with E-state index in [1.807, 2.05) is 36.4 Å². The molecule has 3 nitrogen and oxygen atoms in total. The van der Waals surface area contributed by atoms with Crippen molar-refractivity contribution in [2.24, 2.45) is 0 Å². The fourth-order valence-corrected chi connectivity index (χ4v) is 3.12. The van der Waals surface area contributed by atoms with Gasteiger partial charge in [0.25, 0.3) is 0 Å². The number of alkyl halides is 1. The number of hydrogen-bond acceptors (Lipinski definition) is 2. The van der Waals surface area contributed by atoms with Crippen molar-refractivity contribution in [3.63, 3.8) is 0 Å². The van der Waals surface area contributed by atoms with E-state index in [9.17, 15) is 9.59 Å². The average molecular weight is 429 g/mol. The Morgan fingerprint density at radius 2 is 1.50 bits per heavy atom. The number of anilines is 1. The zero-order chi connectivity index (χ0) is 18.5. The summed E-state index contributed by atoms with van der Waals surface area (Å²) in [4.78, 5) is 24.9. The zero-order valence-corrected chi connectivity index (χ0v) is 16.0. The lowest BCUT2D eigenvalue weighted by Crippen LogP contribution is -2.19. The fraction of sp³-hybridized carbons (Fsp3) is 0.0476. The van der Waals surface area contributed by atoms with Crippen molar-refractivity contribution < 1.29 is 9.59 Å². The summed E-state index contributed by atoms with van der Waals surface area (Å²) < 4.78 is 0. The van der Waals surface area contributed by atoms with Gasteiger partial charge in [-0.1, -0.05) is 88.2 Å². The molecule has 1 amide bonds.